The Morgan fingerprint density at radius 1 is 1.44 bits per heavy atom. The highest BCUT2D eigenvalue weighted by molar-refractivity contribution is 5.92. The number of rotatable bonds is 5. The molecule has 0 spiro atoms. The molecule has 1 rings (SSSR count). The van der Waals surface area contributed by atoms with Gasteiger partial charge in [-0.05, 0) is 19.8 Å². The zero-order valence-electron chi connectivity index (χ0n) is 10.9. The standard InChI is InChI=1S/C11H19N3O2.2ClH/c1-4-11(5-2,6-12)14-10(15)9-8(3)13-7-16-9;;/h7H,4-6,12H2,1-3H3,(H,14,15);2*1H. The van der Waals surface area contributed by atoms with E-state index >= 15 is 0 Å². The van der Waals surface area contributed by atoms with Gasteiger partial charge in [0.2, 0.25) is 5.76 Å². The maximum absolute atomic E-state index is 11.9. The number of nitrogens with zero attached hydrogens (tertiary/aromatic N) is 1. The zero-order chi connectivity index (χ0) is 12.2. The highest BCUT2D eigenvalue weighted by Crippen LogP contribution is 2.15. The third kappa shape index (κ3) is 4.15. The van der Waals surface area contributed by atoms with Crippen LogP contribution in [0, 0.1) is 6.92 Å². The number of amides is 1. The van der Waals surface area contributed by atoms with Crippen molar-refractivity contribution in [2.75, 3.05) is 6.54 Å². The van der Waals surface area contributed by atoms with Gasteiger partial charge in [-0.1, -0.05) is 13.8 Å². The predicted octanol–water partition coefficient (Wildman–Crippen LogP) is 2.07. The van der Waals surface area contributed by atoms with Crippen molar-refractivity contribution >= 4 is 30.7 Å². The van der Waals surface area contributed by atoms with Crippen LogP contribution in [0.5, 0.6) is 0 Å². The number of aryl methyl sites for hydroxylation is 1. The quantitative estimate of drug-likeness (QED) is 0.872. The third-order valence-corrected chi connectivity index (χ3v) is 3.07. The molecule has 0 aliphatic heterocycles. The molecule has 0 aliphatic rings. The minimum absolute atomic E-state index is 0. The summed E-state index contributed by atoms with van der Waals surface area (Å²) in [5.41, 5.74) is 5.95. The van der Waals surface area contributed by atoms with E-state index in [2.05, 4.69) is 10.3 Å². The Balaban J connectivity index is 0. The van der Waals surface area contributed by atoms with Crippen LogP contribution in [-0.4, -0.2) is 23.0 Å². The Hall–Kier alpha value is -0.780. The van der Waals surface area contributed by atoms with Gasteiger partial charge in [0.05, 0.1) is 11.2 Å². The Morgan fingerprint density at radius 3 is 2.33 bits per heavy atom. The molecule has 0 aromatic carbocycles. The second-order valence-corrected chi connectivity index (χ2v) is 3.91. The minimum atomic E-state index is -0.351. The van der Waals surface area contributed by atoms with Crippen LogP contribution in [0.2, 0.25) is 0 Å². The van der Waals surface area contributed by atoms with Crippen molar-refractivity contribution in [3.05, 3.63) is 17.8 Å². The number of nitrogens with two attached hydrogens (primary N) is 1. The molecule has 1 amide bonds. The molecule has 1 heterocycles. The highest BCUT2D eigenvalue weighted by Gasteiger charge is 2.28. The van der Waals surface area contributed by atoms with Crippen molar-refractivity contribution in [1.29, 1.82) is 0 Å². The average molecular weight is 298 g/mol. The van der Waals surface area contributed by atoms with Crippen LogP contribution in [0.15, 0.2) is 10.8 Å². The first-order valence-corrected chi connectivity index (χ1v) is 5.51. The average Bonchev–Trinajstić information content (AvgIpc) is 2.72. The third-order valence-electron chi connectivity index (χ3n) is 3.07. The van der Waals surface area contributed by atoms with Crippen molar-refractivity contribution in [3.63, 3.8) is 0 Å². The van der Waals surface area contributed by atoms with Gasteiger partial charge in [0.25, 0.3) is 5.91 Å². The van der Waals surface area contributed by atoms with Crippen molar-refractivity contribution in [1.82, 2.24) is 10.3 Å². The Bertz CT molecular complexity index is 357. The van der Waals surface area contributed by atoms with E-state index in [9.17, 15) is 4.79 Å². The van der Waals surface area contributed by atoms with Gasteiger partial charge < -0.3 is 15.5 Å². The molecule has 0 saturated heterocycles. The minimum Gasteiger partial charge on any atom is -0.438 e. The number of hydrogen-bond donors (Lipinski definition) is 2. The summed E-state index contributed by atoms with van der Waals surface area (Å²) in [6.07, 6.45) is 2.85. The molecule has 7 heteroatoms. The van der Waals surface area contributed by atoms with Crippen LogP contribution in [0.4, 0.5) is 0 Å². The van der Waals surface area contributed by atoms with Crippen molar-refractivity contribution in [3.8, 4) is 0 Å². The number of carbonyl (C=O) groups excluding carboxylic acids is 1. The van der Waals surface area contributed by atoms with E-state index in [1.165, 1.54) is 6.39 Å². The van der Waals surface area contributed by atoms with Gasteiger partial charge >= 0.3 is 0 Å². The van der Waals surface area contributed by atoms with Gasteiger partial charge in [0.1, 0.15) is 0 Å². The van der Waals surface area contributed by atoms with Crippen LogP contribution in [0.3, 0.4) is 0 Å². The highest BCUT2D eigenvalue weighted by atomic mass is 35.5. The summed E-state index contributed by atoms with van der Waals surface area (Å²) in [5.74, 6) is 0.0175. The molecule has 0 bridgehead atoms. The number of nitrogens with one attached hydrogen (secondary N) is 1. The van der Waals surface area contributed by atoms with Gasteiger partial charge in [0, 0.05) is 6.54 Å². The maximum Gasteiger partial charge on any atom is 0.289 e. The van der Waals surface area contributed by atoms with Crippen molar-refractivity contribution in [2.45, 2.75) is 39.2 Å². The SMILES string of the molecule is CCC(CC)(CN)NC(=O)c1ocnc1C.Cl.Cl. The molecule has 1 aromatic heterocycles. The van der Waals surface area contributed by atoms with Gasteiger partial charge in [-0.25, -0.2) is 4.98 Å². The van der Waals surface area contributed by atoms with Crippen LogP contribution >= 0.6 is 24.8 Å². The van der Waals surface area contributed by atoms with E-state index in [4.69, 9.17) is 10.2 Å². The largest absolute Gasteiger partial charge is 0.438 e. The fourth-order valence-electron chi connectivity index (χ4n) is 1.58. The van der Waals surface area contributed by atoms with Gasteiger partial charge in [0.15, 0.2) is 6.39 Å². The molecular weight excluding hydrogens is 277 g/mol. The monoisotopic (exact) mass is 297 g/mol. The van der Waals surface area contributed by atoms with E-state index in [1.54, 1.807) is 6.92 Å². The summed E-state index contributed by atoms with van der Waals surface area (Å²) in [7, 11) is 0. The lowest BCUT2D eigenvalue weighted by Gasteiger charge is -2.30. The Morgan fingerprint density at radius 2 is 2.00 bits per heavy atom. The van der Waals surface area contributed by atoms with Gasteiger partial charge in [-0.2, -0.15) is 0 Å². The Kier molecular flexibility index (Phi) is 9.07. The van der Waals surface area contributed by atoms with E-state index < -0.39 is 0 Å². The summed E-state index contributed by atoms with van der Waals surface area (Å²) in [6.45, 7) is 6.16. The molecule has 0 saturated carbocycles. The number of carbonyl (C=O) groups is 1. The first-order valence-electron chi connectivity index (χ1n) is 5.51. The van der Waals surface area contributed by atoms with E-state index in [0.29, 0.717) is 12.2 Å². The lowest BCUT2D eigenvalue weighted by Crippen LogP contribution is -2.52. The zero-order valence-corrected chi connectivity index (χ0v) is 12.5. The predicted molar refractivity (Wildman–Crippen MR) is 75.6 cm³/mol. The first kappa shape index (κ1) is 19.6. The summed E-state index contributed by atoms with van der Waals surface area (Å²) >= 11 is 0. The molecule has 5 nitrogen and oxygen atoms in total. The summed E-state index contributed by atoms with van der Waals surface area (Å²) in [6, 6.07) is 0. The molecular formula is C11H21Cl2N3O2. The molecule has 0 radical (unpaired) electrons. The number of hydrogen-bond acceptors (Lipinski definition) is 4. The smallest absolute Gasteiger partial charge is 0.289 e. The topological polar surface area (TPSA) is 81.1 Å². The fraction of sp³-hybridized carbons (Fsp3) is 0.636. The van der Waals surface area contributed by atoms with Gasteiger partial charge in [-0.3, -0.25) is 4.79 Å². The van der Waals surface area contributed by atoms with E-state index in [0.717, 1.165) is 12.8 Å². The molecule has 3 N–H and O–H groups in total. The van der Waals surface area contributed by atoms with Crippen LogP contribution in [0.1, 0.15) is 42.9 Å². The first-order chi connectivity index (χ1) is 7.58. The number of halogens is 2. The molecule has 0 fully saturated rings. The van der Waals surface area contributed by atoms with Crippen LogP contribution < -0.4 is 11.1 Å². The second-order valence-electron chi connectivity index (χ2n) is 3.91. The van der Waals surface area contributed by atoms with E-state index in [1.807, 2.05) is 13.8 Å². The Labute approximate surface area is 120 Å². The van der Waals surface area contributed by atoms with Crippen molar-refractivity contribution in [2.24, 2.45) is 5.73 Å². The lowest BCUT2D eigenvalue weighted by atomic mass is 9.93. The van der Waals surface area contributed by atoms with Gasteiger partial charge in [-0.15, -0.1) is 24.8 Å². The fourth-order valence-corrected chi connectivity index (χ4v) is 1.58. The normalized spacial score (nSPS) is 10.2. The molecule has 18 heavy (non-hydrogen) atoms. The summed E-state index contributed by atoms with van der Waals surface area (Å²) in [4.78, 5) is 15.8. The van der Waals surface area contributed by atoms with Crippen LogP contribution in [0.25, 0.3) is 0 Å². The lowest BCUT2D eigenvalue weighted by molar-refractivity contribution is 0.0865. The summed E-state index contributed by atoms with van der Waals surface area (Å²) < 4.78 is 5.04. The number of aromatic nitrogens is 1. The summed E-state index contributed by atoms with van der Waals surface area (Å²) in [5, 5.41) is 2.93. The van der Waals surface area contributed by atoms with Crippen LogP contribution in [-0.2, 0) is 0 Å². The second kappa shape index (κ2) is 8.34. The molecule has 0 unspecified atom stereocenters. The van der Waals surface area contributed by atoms with Crippen molar-refractivity contribution < 1.29 is 9.21 Å². The maximum atomic E-state index is 11.9. The molecule has 0 aliphatic carbocycles. The number of oxazole rings is 1. The molecule has 1 aromatic rings. The molecule has 106 valence electrons. The van der Waals surface area contributed by atoms with E-state index in [-0.39, 0.29) is 42.0 Å². The molecule has 0 atom stereocenters.